The third kappa shape index (κ3) is 2.04. The molecule has 0 aliphatic heterocycles. The smallest absolute Gasteiger partial charge is 0.128 e. The van der Waals surface area contributed by atoms with Crippen molar-refractivity contribution in [3.63, 3.8) is 0 Å². The number of alkyl halides is 1. The Kier molecular flexibility index (Phi) is 3.87. The summed E-state index contributed by atoms with van der Waals surface area (Å²) in [4.78, 5) is 0. The summed E-state index contributed by atoms with van der Waals surface area (Å²) in [5.74, 6) is 1.26. The zero-order valence-corrected chi connectivity index (χ0v) is 14.3. The summed E-state index contributed by atoms with van der Waals surface area (Å²) >= 11 is 2.46. The van der Waals surface area contributed by atoms with Crippen LogP contribution in [-0.2, 0) is 11.3 Å². The highest BCUT2D eigenvalue weighted by atomic mass is 127. The van der Waals surface area contributed by atoms with Crippen LogP contribution in [0.1, 0.15) is 38.7 Å². The van der Waals surface area contributed by atoms with Crippen molar-refractivity contribution in [2.45, 2.75) is 45.3 Å². The van der Waals surface area contributed by atoms with Gasteiger partial charge in [0.15, 0.2) is 0 Å². The van der Waals surface area contributed by atoms with Crippen LogP contribution in [0.4, 0.5) is 4.39 Å². The van der Waals surface area contributed by atoms with Crippen molar-refractivity contribution in [2.75, 3.05) is 4.43 Å². The molecule has 0 radical (unpaired) electrons. The van der Waals surface area contributed by atoms with Gasteiger partial charge in [-0.25, -0.2) is 4.39 Å². The first-order chi connectivity index (χ1) is 9.51. The molecule has 110 valence electrons. The lowest BCUT2D eigenvalue weighted by Gasteiger charge is -2.48. The number of hydrogen-bond donors (Lipinski definition) is 0. The lowest BCUT2D eigenvalue weighted by Crippen LogP contribution is -2.52. The van der Waals surface area contributed by atoms with Crippen LogP contribution in [0.5, 0.6) is 0 Å². The van der Waals surface area contributed by atoms with E-state index in [1.165, 1.54) is 25.3 Å². The molecule has 3 heteroatoms. The molecule has 0 N–H and O–H groups in total. The van der Waals surface area contributed by atoms with E-state index in [2.05, 4.69) is 36.4 Å². The maximum atomic E-state index is 13.8. The minimum absolute atomic E-state index is 0.0846. The Hall–Kier alpha value is -0.160. The molecule has 2 aliphatic carbocycles. The predicted molar refractivity (Wildman–Crippen MR) is 87.4 cm³/mol. The first kappa shape index (κ1) is 14.8. The summed E-state index contributed by atoms with van der Waals surface area (Å²) < 4.78 is 21.2. The maximum absolute atomic E-state index is 13.8. The Labute approximate surface area is 134 Å². The molecule has 3 atom stereocenters. The molecule has 0 saturated heterocycles. The van der Waals surface area contributed by atoms with Gasteiger partial charge >= 0.3 is 0 Å². The van der Waals surface area contributed by atoms with Crippen LogP contribution in [0, 0.1) is 23.1 Å². The van der Waals surface area contributed by atoms with Crippen molar-refractivity contribution in [1.82, 2.24) is 0 Å². The van der Waals surface area contributed by atoms with E-state index in [-0.39, 0.29) is 16.8 Å². The van der Waals surface area contributed by atoms with E-state index in [9.17, 15) is 4.39 Å². The van der Waals surface area contributed by atoms with Gasteiger partial charge in [0.1, 0.15) is 5.82 Å². The van der Waals surface area contributed by atoms with Gasteiger partial charge in [-0.2, -0.15) is 0 Å². The summed E-state index contributed by atoms with van der Waals surface area (Å²) in [5, 5.41) is 0. The van der Waals surface area contributed by atoms with Gasteiger partial charge in [0.2, 0.25) is 0 Å². The Morgan fingerprint density at radius 3 is 2.55 bits per heavy atom. The number of fused-ring (bicyclic) bond motifs is 2. The van der Waals surface area contributed by atoms with Crippen LogP contribution in [0.2, 0.25) is 0 Å². The maximum Gasteiger partial charge on any atom is 0.128 e. The molecule has 0 amide bonds. The Morgan fingerprint density at radius 2 is 1.95 bits per heavy atom. The molecule has 2 bridgehead atoms. The van der Waals surface area contributed by atoms with Crippen LogP contribution in [-0.4, -0.2) is 10.0 Å². The Bertz CT molecular complexity index is 502. The normalized spacial score (nSPS) is 34.6. The number of rotatable bonds is 4. The topological polar surface area (TPSA) is 9.23 Å². The molecule has 3 unspecified atom stereocenters. The van der Waals surface area contributed by atoms with E-state index in [1.54, 1.807) is 6.07 Å². The number of benzene rings is 1. The third-order valence-corrected chi connectivity index (χ3v) is 6.98. The molecule has 2 fully saturated rings. The zero-order chi connectivity index (χ0) is 14.4. The van der Waals surface area contributed by atoms with Gasteiger partial charge in [0.25, 0.3) is 0 Å². The van der Waals surface area contributed by atoms with Crippen molar-refractivity contribution in [2.24, 2.45) is 17.3 Å². The Balaban J connectivity index is 1.82. The zero-order valence-electron chi connectivity index (χ0n) is 12.2. The first-order valence-corrected chi connectivity index (χ1v) is 8.97. The van der Waals surface area contributed by atoms with Gasteiger partial charge in [0, 0.05) is 9.99 Å². The van der Waals surface area contributed by atoms with Crippen LogP contribution in [0.3, 0.4) is 0 Å². The van der Waals surface area contributed by atoms with E-state index >= 15 is 0 Å². The standard InChI is InChI=1S/C17H22FIO/c1-16(2)13-7-8-14(9-13)17(16,11-19)20-10-12-5-3-4-6-15(12)18/h3-6,13-14H,7-11H2,1-2H3. The molecule has 2 aliphatic rings. The molecule has 2 saturated carbocycles. The second-order valence-corrected chi connectivity index (χ2v) is 7.59. The average Bonchev–Trinajstić information content (AvgIpc) is 2.98. The monoisotopic (exact) mass is 388 g/mol. The summed E-state index contributed by atoms with van der Waals surface area (Å²) in [7, 11) is 0. The second kappa shape index (κ2) is 5.24. The summed E-state index contributed by atoms with van der Waals surface area (Å²) in [5.41, 5.74) is 0.788. The molecule has 1 aromatic rings. The van der Waals surface area contributed by atoms with Crippen LogP contribution < -0.4 is 0 Å². The van der Waals surface area contributed by atoms with E-state index in [0.29, 0.717) is 18.1 Å². The minimum atomic E-state index is -0.155. The van der Waals surface area contributed by atoms with E-state index < -0.39 is 0 Å². The summed E-state index contributed by atoms with van der Waals surface area (Å²) in [6, 6.07) is 6.95. The Morgan fingerprint density at radius 1 is 1.25 bits per heavy atom. The van der Waals surface area contributed by atoms with E-state index in [0.717, 1.165) is 10.3 Å². The van der Waals surface area contributed by atoms with E-state index in [1.807, 2.05) is 12.1 Å². The minimum Gasteiger partial charge on any atom is -0.369 e. The SMILES string of the molecule is CC1(C)C2CCC(C2)C1(CI)OCc1ccccc1F. The largest absolute Gasteiger partial charge is 0.369 e. The third-order valence-electron chi connectivity index (χ3n) is 5.84. The van der Waals surface area contributed by atoms with Crippen LogP contribution in [0.15, 0.2) is 24.3 Å². The molecule has 0 heterocycles. The van der Waals surface area contributed by atoms with Crippen molar-refractivity contribution in [3.05, 3.63) is 35.6 Å². The first-order valence-electron chi connectivity index (χ1n) is 7.44. The van der Waals surface area contributed by atoms with Crippen molar-refractivity contribution in [3.8, 4) is 0 Å². The van der Waals surface area contributed by atoms with Crippen LogP contribution >= 0.6 is 22.6 Å². The van der Waals surface area contributed by atoms with Gasteiger partial charge in [-0.3, -0.25) is 0 Å². The predicted octanol–water partition coefficient (Wildman–Crippen LogP) is 4.97. The lowest BCUT2D eigenvalue weighted by atomic mass is 9.66. The quantitative estimate of drug-likeness (QED) is 0.523. The highest BCUT2D eigenvalue weighted by molar-refractivity contribution is 14.1. The average molecular weight is 388 g/mol. The lowest BCUT2D eigenvalue weighted by molar-refractivity contribution is -0.144. The van der Waals surface area contributed by atoms with Gasteiger partial charge < -0.3 is 4.74 Å². The number of hydrogen-bond acceptors (Lipinski definition) is 1. The fraction of sp³-hybridized carbons (Fsp3) is 0.647. The van der Waals surface area contributed by atoms with Crippen molar-refractivity contribution >= 4 is 22.6 Å². The van der Waals surface area contributed by atoms with Gasteiger partial charge in [0.05, 0.1) is 12.2 Å². The summed E-state index contributed by atoms with van der Waals surface area (Å²) in [6.07, 6.45) is 3.89. The highest BCUT2D eigenvalue weighted by Crippen LogP contribution is 2.63. The van der Waals surface area contributed by atoms with Gasteiger partial charge in [-0.1, -0.05) is 54.6 Å². The molecule has 1 aromatic carbocycles. The van der Waals surface area contributed by atoms with Crippen LogP contribution in [0.25, 0.3) is 0 Å². The molecule has 20 heavy (non-hydrogen) atoms. The molecule has 0 spiro atoms. The molecule has 3 rings (SSSR count). The van der Waals surface area contributed by atoms with Crippen molar-refractivity contribution in [1.29, 1.82) is 0 Å². The second-order valence-electron chi connectivity index (χ2n) is 6.83. The van der Waals surface area contributed by atoms with Gasteiger partial charge in [-0.15, -0.1) is 0 Å². The molecular weight excluding hydrogens is 366 g/mol. The summed E-state index contributed by atoms with van der Waals surface area (Å²) in [6.45, 7) is 5.08. The fourth-order valence-electron chi connectivity index (χ4n) is 4.38. The fourth-order valence-corrected chi connectivity index (χ4v) is 6.20. The number of halogens is 2. The number of ether oxygens (including phenoxy) is 1. The van der Waals surface area contributed by atoms with Gasteiger partial charge in [-0.05, 0) is 42.6 Å². The molecular formula is C17H22FIO. The molecule has 1 nitrogen and oxygen atoms in total. The molecule has 0 aromatic heterocycles. The highest BCUT2D eigenvalue weighted by Gasteiger charge is 2.63. The van der Waals surface area contributed by atoms with Crippen molar-refractivity contribution < 1.29 is 9.13 Å². The van der Waals surface area contributed by atoms with E-state index in [4.69, 9.17) is 4.74 Å².